The van der Waals surface area contributed by atoms with Crippen LogP contribution in [0.4, 0.5) is 5.69 Å². The predicted molar refractivity (Wildman–Crippen MR) is 101 cm³/mol. The van der Waals surface area contributed by atoms with Crippen LogP contribution in [0.15, 0.2) is 24.3 Å². The summed E-state index contributed by atoms with van der Waals surface area (Å²) in [7, 11) is 0. The van der Waals surface area contributed by atoms with Crippen molar-refractivity contribution in [2.45, 2.75) is 43.1 Å². The third-order valence-corrected chi connectivity index (χ3v) is 8.62. The maximum absolute atomic E-state index is 12.4. The molecule has 4 heteroatoms. The molecule has 3 aliphatic rings. The molecule has 4 rings (SSSR count). The molecule has 0 aromatic heterocycles. The molecule has 0 spiro atoms. The monoisotopic (exact) mass is 347 g/mol. The van der Waals surface area contributed by atoms with Crippen molar-refractivity contribution in [2.24, 2.45) is 17.8 Å². The van der Waals surface area contributed by atoms with Gasteiger partial charge in [-0.3, -0.25) is 4.79 Å². The molecule has 2 aliphatic carbocycles. The maximum atomic E-state index is 12.4. The van der Waals surface area contributed by atoms with Crippen molar-refractivity contribution in [3.63, 3.8) is 0 Å². The molecule has 2 bridgehead atoms. The number of nitrogens with one attached hydrogen (secondary N) is 1. The van der Waals surface area contributed by atoms with Crippen LogP contribution in [-0.2, 0) is 4.79 Å². The maximum Gasteiger partial charge on any atom is 0.224 e. The molecular weight excluding hydrogens is 322 g/mol. The van der Waals surface area contributed by atoms with E-state index in [4.69, 9.17) is 0 Å². The molecule has 1 N–H and O–H groups in total. The van der Waals surface area contributed by atoms with Gasteiger partial charge in [-0.25, -0.2) is 0 Å². The molecule has 1 aromatic carbocycles. The number of anilines is 1. The van der Waals surface area contributed by atoms with Crippen LogP contribution in [0.25, 0.3) is 0 Å². The lowest BCUT2D eigenvalue weighted by Gasteiger charge is -2.22. The Kier molecular flexibility index (Phi) is 4.91. The Morgan fingerprint density at radius 1 is 1.17 bits per heavy atom. The predicted octanol–water partition coefficient (Wildman–Crippen LogP) is 5.32. The van der Waals surface area contributed by atoms with Crippen LogP contribution in [-0.4, -0.2) is 17.4 Å². The van der Waals surface area contributed by atoms with Gasteiger partial charge < -0.3 is 5.32 Å². The van der Waals surface area contributed by atoms with E-state index in [1.54, 1.807) is 0 Å². The van der Waals surface area contributed by atoms with Gasteiger partial charge in [-0.1, -0.05) is 18.6 Å². The van der Waals surface area contributed by atoms with Crippen molar-refractivity contribution >= 4 is 35.1 Å². The van der Waals surface area contributed by atoms with E-state index in [1.807, 2.05) is 29.6 Å². The average molecular weight is 348 g/mol. The molecule has 1 aromatic rings. The summed E-state index contributed by atoms with van der Waals surface area (Å²) in [6.45, 7) is 0. The van der Waals surface area contributed by atoms with Gasteiger partial charge in [0.25, 0.3) is 0 Å². The molecular formula is C19H25NOS2. The van der Waals surface area contributed by atoms with Crippen LogP contribution in [0, 0.1) is 17.8 Å². The fraction of sp³-hybridized carbons (Fsp3) is 0.632. The van der Waals surface area contributed by atoms with Crippen LogP contribution in [0.1, 0.15) is 48.7 Å². The molecule has 1 amide bonds. The number of hydrogen-bond donors (Lipinski definition) is 1. The van der Waals surface area contributed by atoms with Crippen molar-refractivity contribution in [3.8, 4) is 0 Å². The summed E-state index contributed by atoms with van der Waals surface area (Å²) in [6.07, 6.45) is 7.46. The van der Waals surface area contributed by atoms with Gasteiger partial charge in [-0.2, -0.15) is 0 Å². The standard InChI is InChI=1S/C19H25NOS2/c21-18(12-16-10-13-5-6-14(16)9-13)20-17-4-1-3-15(11-17)19-22-7-2-8-23-19/h1,3-4,11,13-14,16,19H,2,5-10,12H2,(H,20,21). The second-order valence-corrected chi connectivity index (χ2v) is 9.96. The Balaban J connectivity index is 1.35. The number of carbonyl (C=O) groups excluding carboxylic acids is 1. The zero-order chi connectivity index (χ0) is 15.6. The van der Waals surface area contributed by atoms with E-state index in [9.17, 15) is 4.79 Å². The molecule has 23 heavy (non-hydrogen) atoms. The first-order valence-electron chi connectivity index (χ1n) is 8.91. The minimum Gasteiger partial charge on any atom is -0.326 e. The SMILES string of the molecule is O=C(CC1CC2CCC1C2)Nc1cccc(C2SCCCS2)c1. The number of hydrogen-bond acceptors (Lipinski definition) is 3. The molecule has 1 saturated heterocycles. The lowest BCUT2D eigenvalue weighted by molar-refractivity contribution is -0.117. The highest BCUT2D eigenvalue weighted by molar-refractivity contribution is 8.16. The Morgan fingerprint density at radius 3 is 2.78 bits per heavy atom. The van der Waals surface area contributed by atoms with Crippen LogP contribution in [0.3, 0.4) is 0 Å². The molecule has 2 nitrogen and oxygen atoms in total. The van der Waals surface area contributed by atoms with Crippen molar-refractivity contribution in [2.75, 3.05) is 16.8 Å². The van der Waals surface area contributed by atoms with E-state index in [-0.39, 0.29) is 5.91 Å². The molecule has 3 atom stereocenters. The second-order valence-electron chi connectivity index (χ2n) is 7.24. The van der Waals surface area contributed by atoms with Crippen LogP contribution in [0.5, 0.6) is 0 Å². The molecule has 1 heterocycles. The summed E-state index contributed by atoms with van der Waals surface area (Å²) in [5.41, 5.74) is 2.32. The van der Waals surface area contributed by atoms with Gasteiger partial charge >= 0.3 is 0 Å². The minimum atomic E-state index is 0.212. The smallest absolute Gasteiger partial charge is 0.224 e. The summed E-state index contributed by atoms with van der Waals surface area (Å²) in [4.78, 5) is 12.4. The van der Waals surface area contributed by atoms with E-state index in [0.29, 0.717) is 10.5 Å². The number of carbonyl (C=O) groups is 1. The Labute approximate surface area is 147 Å². The van der Waals surface area contributed by atoms with Crippen LogP contribution >= 0.6 is 23.5 Å². The fourth-order valence-corrected chi connectivity index (χ4v) is 7.39. The summed E-state index contributed by atoms with van der Waals surface area (Å²) >= 11 is 4.06. The number of thioether (sulfide) groups is 2. The third kappa shape index (κ3) is 3.74. The summed E-state index contributed by atoms with van der Waals surface area (Å²) in [5, 5.41) is 3.15. The number of benzene rings is 1. The first-order chi connectivity index (χ1) is 11.3. The Bertz CT molecular complexity index is 570. The lowest BCUT2D eigenvalue weighted by Crippen LogP contribution is -2.20. The van der Waals surface area contributed by atoms with E-state index in [2.05, 4.69) is 23.5 Å². The topological polar surface area (TPSA) is 29.1 Å². The van der Waals surface area contributed by atoms with Gasteiger partial charge in [-0.15, -0.1) is 23.5 Å². The third-order valence-electron chi connectivity index (χ3n) is 5.60. The molecule has 124 valence electrons. The van der Waals surface area contributed by atoms with Gasteiger partial charge in [0.15, 0.2) is 0 Å². The minimum absolute atomic E-state index is 0.212. The van der Waals surface area contributed by atoms with Crippen molar-refractivity contribution in [3.05, 3.63) is 29.8 Å². The van der Waals surface area contributed by atoms with Crippen molar-refractivity contribution in [1.82, 2.24) is 0 Å². The largest absolute Gasteiger partial charge is 0.326 e. The summed E-state index contributed by atoms with van der Waals surface area (Å²) < 4.78 is 0.533. The lowest BCUT2D eigenvalue weighted by atomic mass is 9.86. The second kappa shape index (κ2) is 7.10. The van der Waals surface area contributed by atoms with Gasteiger partial charge in [0.1, 0.15) is 0 Å². The molecule has 3 unspecified atom stereocenters. The Hall–Kier alpha value is -0.610. The normalized spacial score (nSPS) is 30.5. The van der Waals surface area contributed by atoms with Crippen LogP contribution < -0.4 is 5.32 Å². The van der Waals surface area contributed by atoms with Gasteiger partial charge in [0.05, 0.1) is 4.58 Å². The zero-order valence-corrected chi connectivity index (χ0v) is 15.1. The summed E-state index contributed by atoms with van der Waals surface area (Å²) in [6, 6.07) is 8.48. The first-order valence-corrected chi connectivity index (χ1v) is 11.0. The molecule has 0 radical (unpaired) electrons. The zero-order valence-electron chi connectivity index (χ0n) is 13.5. The van der Waals surface area contributed by atoms with E-state index in [0.717, 1.165) is 23.9 Å². The van der Waals surface area contributed by atoms with E-state index < -0.39 is 0 Å². The van der Waals surface area contributed by atoms with Crippen molar-refractivity contribution in [1.29, 1.82) is 0 Å². The fourth-order valence-electron chi connectivity index (χ4n) is 4.52. The van der Waals surface area contributed by atoms with Gasteiger partial charge in [-0.05, 0) is 72.6 Å². The van der Waals surface area contributed by atoms with E-state index in [1.165, 1.54) is 49.2 Å². The van der Waals surface area contributed by atoms with Gasteiger partial charge in [0, 0.05) is 12.1 Å². The highest BCUT2D eigenvalue weighted by Crippen LogP contribution is 2.49. The first kappa shape index (κ1) is 15.9. The van der Waals surface area contributed by atoms with E-state index >= 15 is 0 Å². The van der Waals surface area contributed by atoms with Crippen molar-refractivity contribution < 1.29 is 4.79 Å². The average Bonchev–Trinajstić information content (AvgIpc) is 3.18. The number of rotatable bonds is 4. The molecule has 3 fully saturated rings. The molecule has 1 aliphatic heterocycles. The highest BCUT2D eigenvalue weighted by atomic mass is 32.2. The highest BCUT2D eigenvalue weighted by Gasteiger charge is 2.40. The Morgan fingerprint density at radius 2 is 2.04 bits per heavy atom. The van der Waals surface area contributed by atoms with Gasteiger partial charge in [0.2, 0.25) is 5.91 Å². The van der Waals surface area contributed by atoms with Crippen LogP contribution in [0.2, 0.25) is 0 Å². The molecule has 2 saturated carbocycles. The quantitative estimate of drug-likeness (QED) is 0.799. The number of amides is 1. The number of fused-ring (bicyclic) bond motifs is 2. The summed E-state index contributed by atoms with van der Waals surface area (Å²) in [5.74, 6) is 5.09.